The fourth-order valence-corrected chi connectivity index (χ4v) is 0.961. The van der Waals surface area contributed by atoms with Gasteiger partial charge in [0.25, 0.3) is 0 Å². The van der Waals surface area contributed by atoms with Crippen LogP contribution in [0.4, 0.5) is 0 Å². The lowest BCUT2D eigenvalue weighted by Gasteiger charge is -2.16. The van der Waals surface area contributed by atoms with Gasteiger partial charge in [0.05, 0.1) is 6.10 Å². The molecule has 0 bridgehead atoms. The molecular weight excluding hydrogens is 162 g/mol. The minimum absolute atomic E-state index is 0.395. The first kappa shape index (κ1) is 12.9. The van der Waals surface area contributed by atoms with Crippen molar-refractivity contribution in [2.45, 2.75) is 46.6 Å². The summed E-state index contributed by atoms with van der Waals surface area (Å²) in [6.45, 7) is 11.8. The van der Waals surface area contributed by atoms with Crippen molar-refractivity contribution in [2.24, 2.45) is 5.92 Å². The van der Waals surface area contributed by atoms with Crippen LogP contribution in [0.15, 0.2) is 0 Å². The van der Waals surface area contributed by atoms with Crippen molar-refractivity contribution in [1.82, 2.24) is 5.32 Å². The zero-order valence-electron chi connectivity index (χ0n) is 9.60. The summed E-state index contributed by atoms with van der Waals surface area (Å²) in [4.78, 5) is 0. The molecule has 0 rings (SSSR count). The molecule has 0 radical (unpaired) electrons. The average Bonchev–Trinajstić information content (AvgIpc) is 2.10. The quantitative estimate of drug-likeness (QED) is 0.589. The van der Waals surface area contributed by atoms with Crippen molar-refractivity contribution < 1.29 is 4.74 Å². The van der Waals surface area contributed by atoms with E-state index in [1.54, 1.807) is 0 Å². The second-order valence-corrected chi connectivity index (χ2v) is 3.92. The summed E-state index contributed by atoms with van der Waals surface area (Å²) in [5.74, 6) is 0.628. The molecule has 0 aromatic carbocycles. The van der Waals surface area contributed by atoms with Crippen LogP contribution in [0, 0.1) is 5.92 Å². The van der Waals surface area contributed by atoms with Gasteiger partial charge in [-0.1, -0.05) is 20.8 Å². The Morgan fingerprint density at radius 3 is 2.38 bits per heavy atom. The highest BCUT2D eigenvalue weighted by molar-refractivity contribution is 4.55. The van der Waals surface area contributed by atoms with Crippen molar-refractivity contribution >= 4 is 0 Å². The first-order chi connectivity index (χ1) is 6.18. The second kappa shape index (κ2) is 8.52. The number of rotatable bonds is 8. The monoisotopic (exact) mass is 187 g/mol. The Kier molecular flexibility index (Phi) is 8.46. The van der Waals surface area contributed by atoms with Gasteiger partial charge < -0.3 is 10.1 Å². The van der Waals surface area contributed by atoms with Gasteiger partial charge in [-0.2, -0.15) is 0 Å². The Balaban J connectivity index is 3.07. The van der Waals surface area contributed by atoms with E-state index in [0.29, 0.717) is 12.0 Å². The van der Waals surface area contributed by atoms with E-state index in [1.807, 2.05) is 0 Å². The van der Waals surface area contributed by atoms with Crippen LogP contribution in [-0.2, 0) is 4.74 Å². The molecule has 0 spiro atoms. The van der Waals surface area contributed by atoms with Crippen molar-refractivity contribution in [3.05, 3.63) is 0 Å². The van der Waals surface area contributed by atoms with Gasteiger partial charge in [-0.25, -0.2) is 0 Å². The zero-order chi connectivity index (χ0) is 10.1. The van der Waals surface area contributed by atoms with Crippen LogP contribution in [0.25, 0.3) is 0 Å². The molecule has 1 unspecified atom stereocenters. The van der Waals surface area contributed by atoms with E-state index in [9.17, 15) is 0 Å². The summed E-state index contributed by atoms with van der Waals surface area (Å²) >= 11 is 0. The molecule has 2 nitrogen and oxygen atoms in total. The minimum Gasteiger partial charge on any atom is -0.378 e. The molecule has 0 aromatic heterocycles. The van der Waals surface area contributed by atoms with Crippen molar-refractivity contribution in [3.8, 4) is 0 Å². The Hall–Kier alpha value is -0.0800. The van der Waals surface area contributed by atoms with Crippen molar-refractivity contribution in [2.75, 3.05) is 19.7 Å². The molecule has 0 aliphatic rings. The van der Waals surface area contributed by atoms with E-state index in [4.69, 9.17) is 4.74 Å². The summed E-state index contributed by atoms with van der Waals surface area (Å²) in [6, 6.07) is 0. The van der Waals surface area contributed by atoms with Crippen LogP contribution in [0.5, 0.6) is 0 Å². The van der Waals surface area contributed by atoms with Crippen molar-refractivity contribution in [3.63, 3.8) is 0 Å². The van der Waals surface area contributed by atoms with Gasteiger partial charge in [0.2, 0.25) is 0 Å². The summed E-state index contributed by atoms with van der Waals surface area (Å²) in [5.41, 5.74) is 0. The van der Waals surface area contributed by atoms with Crippen LogP contribution in [-0.4, -0.2) is 25.8 Å². The van der Waals surface area contributed by atoms with Gasteiger partial charge in [-0.05, 0) is 38.8 Å². The second-order valence-electron chi connectivity index (χ2n) is 3.92. The summed E-state index contributed by atoms with van der Waals surface area (Å²) in [7, 11) is 0. The van der Waals surface area contributed by atoms with Crippen LogP contribution in [0.2, 0.25) is 0 Å². The molecule has 13 heavy (non-hydrogen) atoms. The van der Waals surface area contributed by atoms with E-state index in [2.05, 4.69) is 33.0 Å². The minimum atomic E-state index is 0.395. The number of nitrogens with one attached hydrogen (secondary N) is 1. The maximum Gasteiger partial charge on any atom is 0.0569 e. The molecule has 0 aliphatic heterocycles. The van der Waals surface area contributed by atoms with E-state index < -0.39 is 0 Å². The van der Waals surface area contributed by atoms with E-state index in [0.717, 1.165) is 26.1 Å². The highest BCUT2D eigenvalue weighted by Crippen LogP contribution is 2.04. The van der Waals surface area contributed by atoms with E-state index >= 15 is 0 Å². The molecule has 0 aromatic rings. The molecule has 0 heterocycles. The fraction of sp³-hybridized carbons (Fsp3) is 1.00. The Labute approximate surface area is 83.1 Å². The summed E-state index contributed by atoms with van der Waals surface area (Å²) in [6.07, 6.45) is 2.73. The molecule has 2 heteroatoms. The number of ether oxygens (including phenoxy) is 1. The van der Waals surface area contributed by atoms with E-state index in [1.165, 1.54) is 6.42 Å². The molecule has 0 saturated carbocycles. The number of hydrogen-bond donors (Lipinski definition) is 1. The lowest BCUT2D eigenvalue weighted by Crippen LogP contribution is -2.20. The number of hydrogen-bond acceptors (Lipinski definition) is 2. The van der Waals surface area contributed by atoms with Crippen molar-refractivity contribution in [1.29, 1.82) is 0 Å². The lowest BCUT2D eigenvalue weighted by atomic mass is 10.1. The maximum absolute atomic E-state index is 5.64. The standard InChI is InChI=1S/C11H25NO/c1-5-7-12-8-6-9-13-11(4)10(2)3/h10-12H,5-9H2,1-4H3. The fourth-order valence-electron chi connectivity index (χ4n) is 0.961. The normalized spacial score (nSPS) is 13.6. The summed E-state index contributed by atoms with van der Waals surface area (Å²) < 4.78 is 5.64. The first-order valence-electron chi connectivity index (χ1n) is 5.50. The molecule has 0 aliphatic carbocycles. The predicted molar refractivity (Wildman–Crippen MR) is 58.0 cm³/mol. The highest BCUT2D eigenvalue weighted by Gasteiger charge is 2.05. The molecular formula is C11H25NO. The molecule has 1 atom stereocenters. The highest BCUT2D eigenvalue weighted by atomic mass is 16.5. The van der Waals surface area contributed by atoms with Crippen LogP contribution in [0.3, 0.4) is 0 Å². The molecule has 1 N–H and O–H groups in total. The Bertz CT molecular complexity index is 104. The molecule has 80 valence electrons. The largest absolute Gasteiger partial charge is 0.378 e. The molecule has 0 fully saturated rings. The van der Waals surface area contributed by atoms with Gasteiger partial charge in [-0.15, -0.1) is 0 Å². The van der Waals surface area contributed by atoms with Crippen LogP contribution >= 0.6 is 0 Å². The third-order valence-corrected chi connectivity index (χ3v) is 2.24. The van der Waals surface area contributed by atoms with Gasteiger partial charge >= 0.3 is 0 Å². The van der Waals surface area contributed by atoms with Crippen LogP contribution < -0.4 is 5.32 Å². The van der Waals surface area contributed by atoms with Gasteiger partial charge in [0.15, 0.2) is 0 Å². The Morgan fingerprint density at radius 1 is 1.15 bits per heavy atom. The molecule has 0 saturated heterocycles. The average molecular weight is 187 g/mol. The third kappa shape index (κ3) is 8.26. The van der Waals surface area contributed by atoms with Gasteiger partial charge in [0.1, 0.15) is 0 Å². The summed E-state index contributed by atoms with van der Waals surface area (Å²) in [5, 5.41) is 3.36. The smallest absolute Gasteiger partial charge is 0.0569 e. The Morgan fingerprint density at radius 2 is 1.85 bits per heavy atom. The molecule has 0 amide bonds. The topological polar surface area (TPSA) is 21.3 Å². The maximum atomic E-state index is 5.64. The predicted octanol–water partition coefficient (Wildman–Crippen LogP) is 2.44. The zero-order valence-corrected chi connectivity index (χ0v) is 9.60. The van der Waals surface area contributed by atoms with Gasteiger partial charge in [0, 0.05) is 6.61 Å². The van der Waals surface area contributed by atoms with E-state index in [-0.39, 0.29) is 0 Å². The van der Waals surface area contributed by atoms with Gasteiger partial charge in [-0.3, -0.25) is 0 Å². The third-order valence-electron chi connectivity index (χ3n) is 2.24. The van der Waals surface area contributed by atoms with Crippen LogP contribution in [0.1, 0.15) is 40.5 Å². The lowest BCUT2D eigenvalue weighted by molar-refractivity contribution is 0.0343. The SMILES string of the molecule is CCCNCCCOC(C)C(C)C. The first-order valence-corrected chi connectivity index (χ1v) is 5.50.